The predicted molar refractivity (Wildman–Crippen MR) is 65.8 cm³/mol. The molecule has 0 aliphatic heterocycles. The van der Waals surface area contributed by atoms with Crippen molar-refractivity contribution < 1.29 is 34.8 Å². The molecule has 0 saturated carbocycles. The van der Waals surface area contributed by atoms with Gasteiger partial charge in [-0.2, -0.15) is 0 Å². The van der Waals surface area contributed by atoms with Gasteiger partial charge >= 0.3 is 5.97 Å². The number of quaternary nitrogens is 1. The summed E-state index contributed by atoms with van der Waals surface area (Å²) < 4.78 is 27.2. The molecule has 104 valence electrons. The molecule has 0 bridgehead atoms. The van der Waals surface area contributed by atoms with E-state index in [1.807, 2.05) is 21.1 Å². The van der Waals surface area contributed by atoms with E-state index in [0.717, 1.165) is 28.1 Å². The molecule has 0 atom stereocenters. The van der Waals surface area contributed by atoms with Crippen LogP contribution >= 0.6 is 10.8 Å². The second-order valence-corrected chi connectivity index (χ2v) is 9.09. The molecule has 0 fully saturated rings. The summed E-state index contributed by atoms with van der Waals surface area (Å²) in [6.07, 6.45) is 1.26. The molecule has 0 saturated heterocycles. The molecular formula is C9H20ClNO4S2. The van der Waals surface area contributed by atoms with Crippen LogP contribution in [0.2, 0.25) is 0 Å². The lowest BCUT2D eigenvalue weighted by atomic mass is 10.5. The van der Waals surface area contributed by atoms with Crippen LogP contribution in [0.25, 0.3) is 0 Å². The van der Waals surface area contributed by atoms with Crippen LogP contribution in [0.3, 0.4) is 0 Å². The Kier molecular flexibility index (Phi) is 9.32. The van der Waals surface area contributed by atoms with E-state index >= 15 is 0 Å². The van der Waals surface area contributed by atoms with Gasteiger partial charge in [0, 0.05) is 12.0 Å². The first-order valence-electron chi connectivity index (χ1n) is 4.91. The normalized spacial score (nSPS) is 11.8. The highest BCUT2D eigenvalue weighted by molar-refractivity contribution is 8.71. The first kappa shape index (κ1) is 19.4. The van der Waals surface area contributed by atoms with Gasteiger partial charge in [-0.1, -0.05) is 0 Å². The van der Waals surface area contributed by atoms with Crippen molar-refractivity contribution in [2.24, 2.45) is 0 Å². The number of carbonyl (C=O) groups is 1. The number of rotatable bonds is 7. The van der Waals surface area contributed by atoms with Crippen LogP contribution in [-0.4, -0.2) is 65.2 Å². The Hall–Kier alpha value is 0.0200. The van der Waals surface area contributed by atoms with Crippen molar-refractivity contribution in [1.29, 1.82) is 0 Å². The zero-order chi connectivity index (χ0) is 12.8. The molecule has 0 rings (SSSR count). The molecule has 0 radical (unpaired) electrons. The Morgan fingerprint density at radius 1 is 1.29 bits per heavy atom. The lowest BCUT2D eigenvalue weighted by Gasteiger charge is -2.23. The molecule has 0 aromatic heterocycles. The quantitative estimate of drug-likeness (QED) is 0.291. The number of ether oxygens (including phenoxy) is 1. The van der Waals surface area contributed by atoms with Gasteiger partial charge < -0.3 is 21.6 Å². The molecule has 5 nitrogen and oxygen atoms in total. The Bertz CT molecular complexity index is 324. The Labute approximate surface area is 113 Å². The van der Waals surface area contributed by atoms with Gasteiger partial charge in [-0.05, 0) is 10.8 Å². The van der Waals surface area contributed by atoms with Crippen molar-refractivity contribution in [3.05, 3.63) is 0 Å². The zero-order valence-corrected chi connectivity index (χ0v) is 13.0. The number of hydrogen-bond acceptors (Lipinski definition) is 5. The van der Waals surface area contributed by atoms with Crippen molar-refractivity contribution in [1.82, 2.24) is 0 Å². The van der Waals surface area contributed by atoms with E-state index in [1.165, 1.54) is 0 Å². The summed E-state index contributed by atoms with van der Waals surface area (Å²) in [4.78, 5) is 11.2. The van der Waals surface area contributed by atoms with Crippen LogP contribution in [0.1, 0.15) is 6.42 Å². The smallest absolute Gasteiger partial charge is 0.306 e. The van der Waals surface area contributed by atoms with E-state index in [0.29, 0.717) is 6.61 Å². The van der Waals surface area contributed by atoms with E-state index in [-0.39, 0.29) is 30.6 Å². The second-order valence-electron chi connectivity index (χ2n) is 4.51. The average Bonchev–Trinajstić information content (AvgIpc) is 1.98. The Morgan fingerprint density at radius 3 is 2.24 bits per heavy atom. The molecule has 0 heterocycles. The summed E-state index contributed by atoms with van der Waals surface area (Å²) in [6, 6.07) is 0. The standard InChI is InChI=1S/C9H20NO4S2.ClH/c1-10(2,3)6-7-14-9(11)5-8-15-16(4,12)13;/h5-8H2,1-4H3;1H/q+1;/p-1. The fourth-order valence-corrected chi connectivity index (χ4v) is 2.49. The molecule has 17 heavy (non-hydrogen) atoms. The van der Waals surface area contributed by atoms with Crippen LogP contribution in [0.5, 0.6) is 0 Å². The zero-order valence-electron chi connectivity index (χ0n) is 10.6. The van der Waals surface area contributed by atoms with E-state index in [2.05, 4.69) is 0 Å². The highest BCUT2D eigenvalue weighted by Gasteiger charge is 2.10. The molecule has 0 spiro atoms. The molecular weight excluding hydrogens is 286 g/mol. The summed E-state index contributed by atoms with van der Waals surface area (Å²) in [5, 5.41) is 0. The monoisotopic (exact) mass is 305 g/mol. The van der Waals surface area contributed by atoms with Gasteiger partial charge in [0.15, 0.2) is 8.87 Å². The maximum atomic E-state index is 11.2. The van der Waals surface area contributed by atoms with Crippen LogP contribution in [0, 0.1) is 0 Å². The number of esters is 1. The fourth-order valence-electron chi connectivity index (χ4n) is 0.782. The van der Waals surface area contributed by atoms with Crippen molar-refractivity contribution in [3.63, 3.8) is 0 Å². The molecule has 0 unspecified atom stereocenters. The van der Waals surface area contributed by atoms with E-state index in [1.54, 1.807) is 0 Å². The molecule has 0 aromatic carbocycles. The van der Waals surface area contributed by atoms with Crippen molar-refractivity contribution in [2.45, 2.75) is 6.42 Å². The van der Waals surface area contributed by atoms with Gasteiger partial charge in [-0.25, -0.2) is 8.42 Å². The SMILES string of the molecule is C[N+](C)(C)CCOC(=O)CCSS(C)(=O)=O.[Cl-]. The maximum absolute atomic E-state index is 11.2. The van der Waals surface area contributed by atoms with Crippen molar-refractivity contribution in [2.75, 3.05) is 46.3 Å². The van der Waals surface area contributed by atoms with Gasteiger partial charge in [-0.15, -0.1) is 0 Å². The second kappa shape index (κ2) is 8.18. The van der Waals surface area contributed by atoms with Gasteiger partial charge in [0.2, 0.25) is 0 Å². The number of likely N-dealkylation sites (N-methyl/N-ethyl adjacent to an activating group) is 1. The minimum Gasteiger partial charge on any atom is -1.00 e. The highest BCUT2D eigenvalue weighted by Crippen LogP contribution is 2.10. The number of nitrogens with zero attached hydrogens (tertiary/aromatic N) is 1. The predicted octanol–water partition coefficient (Wildman–Crippen LogP) is -2.68. The third-order valence-electron chi connectivity index (χ3n) is 1.63. The van der Waals surface area contributed by atoms with E-state index in [4.69, 9.17) is 4.74 Å². The first-order chi connectivity index (χ1) is 7.10. The van der Waals surface area contributed by atoms with Crippen LogP contribution in [0.15, 0.2) is 0 Å². The number of carbonyl (C=O) groups excluding carboxylic acids is 1. The van der Waals surface area contributed by atoms with Gasteiger partial charge in [0.1, 0.15) is 13.2 Å². The summed E-state index contributed by atoms with van der Waals surface area (Å²) >= 11 is 0. The Morgan fingerprint density at radius 2 is 1.82 bits per heavy atom. The highest BCUT2D eigenvalue weighted by atomic mass is 35.5. The molecule has 0 aliphatic rings. The maximum Gasteiger partial charge on any atom is 0.306 e. The summed E-state index contributed by atoms with van der Waals surface area (Å²) in [7, 11) is 3.73. The van der Waals surface area contributed by atoms with E-state index < -0.39 is 8.87 Å². The molecule has 0 N–H and O–H groups in total. The van der Waals surface area contributed by atoms with Crippen LogP contribution < -0.4 is 12.4 Å². The topological polar surface area (TPSA) is 60.4 Å². The molecule has 0 aliphatic carbocycles. The fraction of sp³-hybridized carbons (Fsp3) is 0.889. The van der Waals surface area contributed by atoms with Crippen molar-refractivity contribution in [3.8, 4) is 0 Å². The van der Waals surface area contributed by atoms with Gasteiger partial charge in [0.05, 0.1) is 27.6 Å². The summed E-state index contributed by atoms with van der Waals surface area (Å²) in [5.74, 6) is -0.0909. The van der Waals surface area contributed by atoms with Gasteiger partial charge in [-0.3, -0.25) is 4.79 Å². The van der Waals surface area contributed by atoms with Crippen LogP contribution in [0.4, 0.5) is 0 Å². The number of hydrogen-bond donors (Lipinski definition) is 0. The molecule has 0 aromatic rings. The van der Waals surface area contributed by atoms with Gasteiger partial charge in [0.25, 0.3) is 0 Å². The molecule has 8 heteroatoms. The Balaban J connectivity index is 0. The van der Waals surface area contributed by atoms with Crippen molar-refractivity contribution >= 4 is 25.6 Å². The summed E-state index contributed by atoms with van der Waals surface area (Å²) in [6.45, 7) is 1.11. The van der Waals surface area contributed by atoms with E-state index in [9.17, 15) is 13.2 Å². The minimum absolute atomic E-state index is 0. The van der Waals surface area contributed by atoms with Crippen LogP contribution in [-0.2, 0) is 18.4 Å². The lowest BCUT2D eigenvalue weighted by molar-refractivity contribution is -0.870. The average molecular weight is 306 g/mol. The minimum atomic E-state index is -3.06. The first-order valence-corrected chi connectivity index (χ1v) is 8.30. The third kappa shape index (κ3) is 16.0. The largest absolute Gasteiger partial charge is 1.00 e. The lowest BCUT2D eigenvalue weighted by Crippen LogP contribution is -3.00. The summed E-state index contributed by atoms with van der Waals surface area (Å²) in [5.41, 5.74) is 0. The number of halogens is 1. The third-order valence-corrected chi connectivity index (χ3v) is 4.21. The molecule has 0 amide bonds.